The van der Waals surface area contributed by atoms with Crippen LogP contribution in [0.1, 0.15) is 44.7 Å². The number of esters is 1. The van der Waals surface area contributed by atoms with Crippen molar-refractivity contribution >= 4 is 29.8 Å². The molecule has 0 saturated heterocycles. The molecule has 1 unspecified atom stereocenters. The SMILES string of the molecule is O=C(CCC(NC(=O)OCc1ccccc1)C(=O)ON1C(=O)c2ccccc2C1=O)OCc1ccccc1. The second kappa shape index (κ2) is 12.3. The Kier molecular flexibility index (Phi) is 8.45. The normalized spacial score (nSPS) is 12.9. The molecule has 10 heteroatoms. The Morgan fingerprint density at radius 1 is 0.711 bits per heavy atom. The summed E-state index contributed by atoms with van der Waals surface area (Å²) in [5.41, 5.74) is 1.67. The maximum Gasteiger partial charge on any atom is 0.408 e. The fourth-order valence-electron chi connectivity index (χ4n) is 3.63. The lowest BCUT2D eigenvalue weighted by Crippen LogP contribution is -2.45. The molecule has 0 aromatic heterocycles. The third-order valence-corrected chi connectivity index (χ3v) is 5.61. The lowest BCUT2D eigenvalue weighted by molar-refractivity contribution is -0.171. The van der Waals surface area contributed by atoms with Gasteiger partial charge in [0.2, 0.25) is 0 Å². The summed E-state index contributed by atoms with van der Waals surface area (Å²) in [4.78, 5) is 67.9. The number of amides is 3. The van der Waals surface area contributed by atoms with Gasteiger partial charge in [-0.2, -0.15) is 0 Å². The molecule has 3 amide bonds. The van der Waals surface area contributed by atoms with E-state index in [1.807, 2.05) is 12.1 Å². The monoisotopic (exact) mass is 516 g/mol. The molecular formula is C28H24N2O8. The largest absolute Gasteiger partial charge is 0.461 e. The summed E-state index contributed by atoms with van der Waals surface area (Å²) in [7, 11) is 0. The molecule has 0 aliphatic carbocycles. The number of hydroxylamine groups is 2. The highest BCUT2D eigenvalue weighted by Gasteiger charge is 2.40. The summed E-state index contributed by atoms with van der Waals surface area (Å²) in [6.45, 7) is -0.0255. The Balaban J connectivity index is 1.38. The predicted octanol–water partition coefficient (Wildman–Crippen LogP) is 3.56. The van der Waals surface area contributed by atoms with Crippen molar-refractivity contribution in [2.75, 3.05) is 0 Å². The summed E-state index contributed by atoms with van der Waals surface area (Å²) in [6.07, 6.45) is -1.43. The molecule has 10 nitrogen and oxygen atoms in total. The summed E-state index contributed by atoms with van der Waals surface area (Å²) >= 11 is 0. The van der Waals surface area contributed by atoms with Gasteiger partial charge in [0.15, 0.2) is 0 Å². The van der Waals surface area contributed by atoms with Gasteiger partial charge in [-0.3, -0.25) is 14.4 Å². The van der Waals surface area contributed by atoms with Crippen molar-refractivity contribution in [2.45, 2.75) is 32.1 Å². The third kappa shape index (κ3) is 6.61. The first-order valence-corrected chi connectivity index (χ1v) is 11.8. The van der Waals surface area contributed by atoms with Crippen molar-refractivity contribution in [1.29, 1.82) is 0 Å². The van der Waals surface area contributed by atoms with Crippen molar-refractivity contribution in [2.24, 2.45) is 0 Å². The molecule has 1 atom stereocenters. The zero-order chi connectivity index (χ0) is 26.9. The zero-order valence-electron chi connectivity index (χ0n) is 20.2. The molecule has 3 aromatic carbocycles. The van der Waals surface area contributed by atoms with Gasteiger partial charge in [0.1, 0.15) is 19.3 Å². The number of alkyl carbamates (subject to hydrolysis) is 1. The molecule has 194 valence electrons. The van der Waals surface area contributed by atoms with E-state index in [-0.39, 0.29) is 37.2 Å². The van der Waals surface area contributed by atoms with E-state index < -0.39 is 35.9 Å². The van der Waals surface area contributed by atoms with Crippen LogP contribution in [-0.2, 0) is 37.1 Å². The van der Waals surface area contributed by atoms with E-state index in [1.54, 1.807) is 60.7 Å². The number of benzene rings is 3. The van der Waals surface area contributed by atoms with Gasteiger partial charge in [0.05, 0.1) is 11.1 Å². The first kappa shape index (κ1) is 26.1. The van der Waals surface area contributed by atoms with Gasteiger partial charge in [0.25, 0.3) is 11.8 Å². The molecule has 38 heavy (non-hydrogen) atoms. The average molecular weight is 517 g/mol. The number of fused-ring (bicyclic) bond motifs is 1. The Morgan fingerprint density at radius 3 is 1.76 bits per heavy atom. The number of ether oxygens (including phenoxy) is 2. The molecule has 4 rings (SSSR count). The molecule has 0 saturated carbocycles. The second-order valence-electron chi connectivity index (χ2n) is 8.30. The van der Waals surface area contributed by atoms with E-state index in [1.165, 1.54) is 12.1 Å². The molecule has 1 aliphatic heterocycles. The van der Waals surface area contributed by atoms with Crippen molar-refractivity contribution in [1.82, 2.24) is 10.4 Å². The maximum absolute atomic E-state index is 13.0. The Bertz CT molecular complexity index is 1290. The van der Waals surface area contributed by atoms with Gasteiger partial charge in [-0.25, -0.2) is 9.59 Å². The van der Waals surface area contributed by atoms with E-state index in [0.29, 0.717) is 5.06 Å². The van der Waals surface area contributed by atoms with Gasteiger partial charge in [-0.05, 0) is 29.7 Å². The molecular weight excluding hydrogens is 492 g/mol. The first-order valence-electron chi connectivity index (χ1n) is 11.8. The topological polar surface area (TPSA) is 128 Å². The highest BCUT2D eigenvalue weighted by atomic mass is 16.7. The van der Waals surface area contributed by atoms with Gasteiger partial charge >= 0.3 is 18.0 Å². The molecule has 0 bridgehead atoms. The number of nitrogens with zero attached hydrogens (tertiary/aromatic N) is 1. The van der Waals surface area contributed by atoms with Gasteiger partial charge in [-0.1, -0.05) is 77.9 Å². The van der Waals surface area contributed by atoms with E-state index in [0.717, 1.165) is 11.1 Å². The van der Waals surface area contributed by atoms with Crippen molar-refractivity contribution in [3.8, 4) is 0 Å². The minimum absolute atomic E-state index is 0.0381. The van der Waals surface area contributed by atoms with Gasteiger partial charge in [-0.15, -0.1) is 0 Å². The molecule has 1 aliphatic rings. The smallest absolute Gasteiger partial charge is 0.408 e. The van der Waals surface area contributed by atoms with Crippen LogP contribution in [0.4, 0.5) is 4.79 Å². The van der Waals surface area contributed by atoms with Crippen LogP contribution in [0.25, 0.3) is 0 Å². The van der Waals surface area contributed by atoms with Crippen molar-refractivity contribution < 1.29 is 38.3 Å². The number of hydrogen-bond acceptors (Lipinski definition) is 8. The third-order valence-electron chi connectivity index (χ3n) is 5.61. The van der Waals surface area contributed by atoms with E-state index in [4.69, 9.17) is 14.3 Å². The minimum Gasteiger partial charge on any atom is -0.461 e. The second-order valence-corrected chi connectivity index (χ2v) is 8.30. The van der Waals surface area contributed by atoms with Crippen LogP contribution in [0.2, 0.25) is 0 Å². The molecule has 0 spiro atoms. The summed E-state index contributed by atoms with van der Waals surface area (Å²) in [6, 6.07) is 22.5. The van der Waals surface area contributed by atoms with Crippen LogP contribution in [-0.4, -0.2) is 41.0 Å². The molecule has 0 radical (unpaired) electrons. The van der Waals surface area contributed by atoms with Crippen molar-refractivity contribution in [3.05, 3.63) is 107 Å². The zero-order valence-corrected chi connectivity index (χ0v) is 20.2. The first-order chi connectivity index (χ1) is 18.4. The predicted molar refractivity (Wildman–Crippen MR) is 132 cm³/mol. The number of nitrogens with one attached hydrogen (secondary N) is 1. The van der Waals surface area contributed by atoms with Gasteiger partial charge < -0.3 is 19.6 Å². The summed E-state index contributed by atoms with van der Waals surface area (Å²) in [5, 5.41) is 2.69. The Hall–Kier alpha value is -4.99. The molecule has 0 fully saturated rings. The lowest BCUT2D eigenvalue weighted by atomic mass is 10.1. The maximum atomic E-state index is 13.0. The van der Waals surface area contributed by atoms with Crippen LogP contribution in [0.5, 0.6) is 0 Å². The minimum atomic E-state index is -1.41. The number of imide groups is 1. The van der Waals surface area contributed by atoms with Crippen LogP contribution >= 0.6 is 0 Å². The molecule has 1 heterocycles. The van der Waals surface area contributed by atoms with Crippen LogP contribution in [0, 0.1) is 0 Å². The lowest BCUT2D eigenvalue weighted by Gasteiger charge is -2.20. The van der Waals surface area contributed by atoms with Crippen LogP contribution in [0.15, 0.2) is 84.9 Å². The summed E-state index contributed by atoms with van der Waals surface area (Å²) in [5.74, 6) is -3.36. The van der Waals surface area contributed by atoms with E-state index in [2.05, 4.69) is 5.32 Å². The Morgan fingerprint density at radius 2 is 1.21 bits per heavy atom. The van der Waals surface area contributed by atoms with Crippen LogP contribution in [0.3, 0.4) is 0 Å². The van der Waals surface area contributed by atoms with Crippen molar-refractivity contribution in [3.63, 3.8) is 0 Å². The fraction of sp³-hybridized carbons (Fsp3) is 0.179. The van der Waals surface area contributed by atoms with Crippen LogP contribution < -0.4 is 5.32 Å². The molecule has 1 N–H and O–H groups in total. The standard InChI is InChI=1S/C28H24N2O8/c31-24(36-17-19-9-3-1-4-10-19)16-15-23(29-28(35)37-18-20-11-5-2-6-12-20)27(34)38-30-25(32)21-13-7-8-14-22(21)26(30)33/h1-14,23H,15-18H2,(H,29,35). The average Bonchev–Trinajstić information content (AvgIpc) is 3.19. The number of hydrogen-bond donors (Lipinski definition) is 1. The fourth-order valence-corrected chi connectivity index (χ4v) is 3.63. The highest BCUT2D eigenvalue weighted by Crippen LogP contribution is 2.23. The number of carbonyl (C=O) groups excluding carboxylic acids is 5. The van der Waals surface area contributed by atoms with E-state index >= 15 is 0 Å². The number of rotatable bonds is 10. The quantitative estimate of drug-likeness (QED) is 0.320. The van der Waals surface area contributed by atoms with E-state index in [9.17, 15) is 24.0 Å². The number of carbonyl (C=O) groups is 5. The molecule has 3 aromatic rings. The highest BCUT2D eigenvalue weighted by molar-refractivity contribution is 6.20. The Labute approximate surface area is 218 Å². The summed E-state index contributed by atoms with van der Waals surface area (Å²) < 4.78 is 10.4. The van der Waals surface area contributed by atoms with Gasteiger partial charge in [0, 0.05) is 6.42 Å².